The second kappa shape index (κ2) is 9.04. The van der Waals surface area contributed by atoms with Gasteiger partial charge in [0.25, 0.3) is 0 Å². The van der Waals surface area contributed by atoms with Crippen molar-refractivity contribution in [3.05, 3.63) is 35.9 Å². The van der Waals surface area contributed by atoms with Crippen LogP contribution in [-0.2, 0) is 4.79 Å². The number of piperidine rings is 1. The van der Waals surface area contributed by atoms with E-state index in [2.05, 4.69) is 54.0 Å². The molecule has 1 aliphatic rings. The molecule has 1 N–H and O–H groups in total. The minimum Gasteiger partial charge on any atom is -0.480 e. The summed E-state index contributed by atoms with van der Waals surface area (Å²) in [6, 6.07) is 11.1. The van der Waals surface area contributed by atoms with Gasteiger partial charge in [-0.05, 0) is 56.9 Å². The largest absolute Gasteiger partial charge is 0.480 e. The summed E-state index contributed by atoms with van der Waals surface area (Å²) >= 11 is 0. The summed E-state index contributed by atoms with van der Waals surface area (Å²) in [6.45, 7) is 8.65. The molecule has 4 heteroatoms. The van der Waals surface area contributed by atoms with Crippen molar-refractivity contribution < 1.29 is 9.90 Å². The van der Waals surface area contributed by atoms with Crippen LogP contribution in [0.3, 0.4) is 0 Å². The number of hydrogen-bond donors (Lipinski definition) is 1. The molecule has 1 fully saturated rings. The molecule has 1 unspecified atom stereocenters. The van der Waals surface area contributed by atoms with E-state index in [1.165, 1.54) is 12.0 Å². The van der Waals surface area contributed by atoms with Crippen molar-refractivity contribution in [3.8, 4) is 0 Å². The molecule has 1 heterocycles. The highest BCUT2D eigenvalue weighted by atomic mass is 16.4. The molecule has 23 heavy (non-hydrogen) atoms. The maximum absolute atomic E-state index is 10.9. The lowest BCUT2D eigenvalue weighted by atomic mass is 9.96. The van der Waals surface area contributed by atoms with Crippen LogP contribution in [0.15, 0.2) is 30.3 Å². The minimum atomic E-state index is -0.717. The average Bonchev–Trinajstić information content (AvgIpc) is 2.58. The Kier molecular flexibility index (Phi) is 7.06. The Hall–Kier alpha value is -1.39. The molecule has 0 aromatic heterocycles. The van der Waals surface area contributed by atoms with Crippen LogP contribution in [0.2, 0.25) is 0 Å². The van der Waals surface area contributed by atoms with Gasteiger partial charge in [-0.3, -0.25) is 9.69 Å². The number of nitrogens with zero attached hydrogens (tertiary/aromatic N) is 2. The van der Waals surface area contributed by atoms with Gasteiger partial charge in [0, 0.05) is 6.04 Å². The van der Waals surface area contributed by atoms with Crippen LogP contribution in [0.4, 0.5) is 0 Å². The zero-order chi connectivity index (χ0) is 16.7. The minimum absolute atomic E-state index is 0.173. The van der Waals surface area contributed by atoms with Crippen LogP contribution >= 0.6 is 0 Å². The fraction of sp³-hybridized carbons (Fsp3) is 0.632. The highest BCUT2D eigenvalue weighted by Crippen LogP contribution is 2.21. The molecule has 0 radical (unpaired) electrons. The summed E-state index contributed by atoms with van der Waals surface area (Å²) in [6.07, 6.45) is 3.35. The van der Waals surface area contributed by atoms with Gasteiger partial charge in [-0.25, -0.2) is 0 Å². The Morgan fingerprint density at radius 1 is 1.30 bits per heavy atom. The predicted molar refractivity (Wildman–Crippen MR) is 93.8 cm³/mol. The third-order valence-electron chi connectivity index (χ3n) is 5.06. The zero-order valence-electron chi connectivity index (χ0n) is 14.4. The Morgan fingerprint density at radius 2 is 1.96 bits per heavy atom. The smallest absolute Gasteiger partial charge is 0.317 e. The SMILES string of the molecule is CCN(CC(=O)O)C1CCN(CCC(C)c2ccccc2)CC1. The molecule has 2 rings (SSSR count). The first kappa shape index (κ1) is 18.0. The third-order valence-corrected chi connectivity index (χ3v) is 5.06. The summed E-state index contributed by atoms with van der Waals surface area (Å²) in [5.74, 6) is -0.126. The van der Waals surface area contributed by atoms with Gasteiger partial charge >= 0.3 is 5.97 Å². The number of carboxylic acid groups (broad SMARTS) is 1. The van der Waals surface area contributed by atoms with Gasteiger partial charge in [0.1, 0.15) is 0 Å². The molecule has 1 saturated heterocycles. The Morgan fingerprint density at radius 3 is 2.52 bits per heavy atom. The lowest BCUT2D eigenvalue weighted by Crippen LogP contribution is -2.46. The number of benzene rings is 1. The highest BCUT2D eigenvalue weighted by Gasteiger charge is 2.25. The van der Waals surface area contributed by atoms with Crippen molar-refractivity contribution in [2.45, 2.75) is 45.1 Å². The van der Waals surface area contributed by atoms with Gasteiger partial charge in [-0.2, -0.15) is 0 Å². The Labute approximate surface area is 140 Å². The second-order valence-corrected chi connectivity index (χ2v) is 6.63. The number of carbonyl (C=O) groups is 1. The van der Waals surface area contributed by atoms with Gasteiger partial charge in [0.2, 0.25) is 0 Å². The van der Waals surface area contributed by atoms with Crippen LogP contribution in [-0.4, -0.2) is 59.6 Å². The Bertz CT molecular complexity index is 470. The van der Waals surface area contributed by atoms with Gasteiger partial charge in [-0.1, -0.05) is 44.2 Å². The molecule has 1 aromatic carbocycles. The van der Waals surface area contributed by atoms with E-state index >= 15 is 0 Å². The fourth-order valence-corrected chi connectivity index (χ4v) is 3.51. The topological polar surface area (TPSA) is 43.8 Å². The molecule has 128 valence electrons. The highest BCUT2D eigenvalue weighted by molar-refractivity contribution is 5.69. The van der Waals surface area contributed by atoms with Crippen molar-refractivity contribution in [3.63, 3.8) is 0 Å². The van der Waals surface area contributed by atoms with Crippen molar-refractivity contribution in [2.75, 3.05) is 32.7 Å². The summed E-state index contributed by atoms with van der Waals surface area (Å²) < 4.78 is 0. The third kappa shape index (κ3) is 5.63. The van der Waals surface area contributed by atoms with E-state index in [1.807, 2.05) is 0 Å². The van der Waals surface area contributed by atoms with Crippen LogP contribution in [0.25, 0.3) is 0 Å². The first-order chi connectivity index (χ1) is 11.1. The fourth-order valence-electron chi connectivity index (χ4n) is 3.51. The van der Waals surface area contributed by atoms with Crippen molar-refractivity contribution >= 4 is 5.97 Å². The van der Waals surface area contributed by atoms with Crippen LogP contribution in [0.5, 0.6) is 0 Å². The van der Waals surface area contributed by atoms with Crippen molar-refractivity contribution in [1.82, 2.24) is 9.80 Å². The van der Waals surface area contributed by atoms with Gasteiger partial charge in [0.05, 0.1) is 6.54 Å². The van der Waals surface area contributed by atoms with Crippen molar-refractivity contribution in [2.24, 2.45) is 0 Å². The molecule has 1 aliphatic heterocycles. The number of rotatable bonds is 8. The summed E-state index contributed by atoms with van der Waals surface area (Å²) in [4.78, 5) is 15.6. The van der Waals surface area contributed by atoms with E-state index in [1.54, 1.807) is 0 Å². The number of hydrogen-bond acceptors (Lipinski definition) is 3. The van der Waals surface area contributed by atoms with Gasteiger partial charge in [-0.15, -0.1) is 0 Å². The van der Waals surface area contributed by atoms with Crippen molar-refractivity contribution in [1.29, 1.82) is 0 Å². The maximum atomic E-state index is 10.9. The summed E-state index contributed by atoms with van der Waals surface area (Å²) in [5, 5.41) is 9.00. The molecular weight excluding hydrogens is 288 g/mol. The monoisotopic (exact) mass is 318 g/mol. The van der Waals surface area contributed by atoms with E-state index in [0.29, 0.717) is 12.0 Å². The second-order valence-electron chi connectivity index (χ2n) is 6.63. The van der Waals surface area contributed by atoms with Gasteiger partial charge < -0.3 is 10.0 Å². The normalized spacial score (nSPS) is 18.2. The quantitative estimate of drug-likeness (QED) is 0.800. The molecular formula is C19H30N2O2. The molecule has 0 spiro atoms. The van der Waals surface area contributed by atoms with E-state index in [0.717, 1.165) is 39.0 Å². The lowest BCUT2D eigenvalue weighted by molar-refractivity contribution is -0.139. The van der Waals surface area contributed by atoms with Gasteiger partial charge in [0.15, 0.2) is 0 Å². The summed E-state index contributed by atoms with van der Waals surface area (Å²) in [7, 11) is 0. The Balaban J connectivity index is 1.73. The number of likely N-dealkylation sites (N-methyl/N-ethyl adjacent to an activating group) is 1. The van der Waals surface area contributed by atoms with E-state index in [-0.39, 0.29) is 6.54 Å². The lowest BCUT2D eigenvalue weighted by Gasteiger charge is -2.37. The first-order valence-electron chi connectivity index (χ1n) is 8.83. The number of likely N-dealkylation sites (tertiary alicyclic amines) is 1. The first-order valence-corrected chi connectivity index (χ1v) is 8.83. The zero-order valence-corrected chi connectivity index (χ0v) is 14.4. The molecule has 1 atom stereocenters. The standard InChI is InChI=1S/C19H30N2O2/c1-3-21(15-19(22)23)18-10-13-20(14-11-18)12-9-16(2)17-7-5-4-6-8-17/h4-8,16,18H,3,9-15H2,1-2H3,(H,22,23). The number of carboxylic acids is 1. The molecule has 0 bridgehead atoms. The number of aliphatic carboxylic acids is 1. The molecule has 0 amide bonds. The molecule has 1 aromatic rings. The maximum Gasteiger partial charge on any atom is 0.317 e. The molecule has 0 aliphatic carbocycles. The van der Waals surface area contributed by atoms with E-state index in [9.17, 15) is 4.79 Å². The summed E-state index contributed by atoms with van der Waals surface area (Å²) in [5.41, 5.74) is 1.42. The van der Waals surface area contributed by atoms with Crippen LogP contribution in [0.1, 0.15) is 44.6 Å². The van der Waals surface area contributed by atoms with Crippen LogP contribution in [0, 0.1) is 0 Å². The van der Waals surface area contributed by atoms with Crippen LogP contribution < -0.4 is 0 Å². The average molecular weight is 318 g/mol. The van der Waals surface area contributed by atoms with E-state index in [4.69, 9.17) is 5.11 Å². The van der Waals surface area contributed by atoms with E-state index < -0.39 is 5.97 Å². The molecule has 0 saturated carbocycles. The predicted octanol–water partition coefficient (Wildman–Crippen LogP) is 3.05. The molecule has 4 nitrogen and oxygen atoms in total.